The van der Waals surface area contributed by atoms with Gasteiger partial charge in [-0.1, -0.05) is 17.8 Å². The molecule has 0 saturated heterocycles. The molecule has 7 nitrogen and oxygen atoms in total. The summed E-state index contributed by atoms with van der Waals surface area (Å²) in [5, 5.41) is 8.51. The van der Waals surface area contributed by atoms with Crippen LogP contribution in [0.4, 0.5) is 20.6 Å². The zero-order valence-corrected chi connectivity index (χ0v) is 18.4. The van der Waals surface area contributed by atoms with Crippen LogP contribution in [0, 0.1) is 5.82 Å². The molecule has 0 atom stereocenters. The van der Waals surface area contributed by atoms with E-state index in [0.717, 1.165) is 9.24 Å². The van der Waals surface area contributed by atoms with Crippen LogP contribution >= 0.6 is 23.1 Å². The Kier molecular flexibility index (Phi) is 6.24. The number of amides is 3. The molecule has 32 heavy (non-hydrogen) atoms. The number of pyridine rings is 1. The molecule has 0 aliphatic rings. The first-order valence-electron chi connectivity index (χ1n) is 9.31. The average Bonchev–Trinajstić information content (AvgIpc) is 3.27. The summed E-state index contributed by atoms with van der Waals surface area (Å²) < 4.78 is 19.6. The molecule has 0 saturated carbocycles. The molecule has 3 amide bonds. The van der Waals surface area contributed by atoms with Gasteiger partial charge in [0, 0.05) is 17.1 Å². The van der Waals surface area contributed by atoms with Gasteiger partial charge >= 0.3 is 6.03 Å². The maximum Gasteiger partial charge on any atom is 0.323 e. The number of rotatable bonds is 6. The van der Waals surface area contributed by atoms with Crippen LogP contribution in [-0.4, -0.2) is 24.0 Å². The predicted molar refractivity (Wildman–Crippen MR) is 124 cm³/mol. The number of carbonyl (C=O) groups is 2. The van der Waals surface area contributed by atoms with Crippen molar-refractivity contribution in [3.8, 4) is 5.75 Å². The molecule has 0 radical (unpaired) electrons. The van der Waals surface area contributed by atoms with Crippen LogP contribution in [0.2, 0.25) is 0 Å². The predicted octanol–water partition coefficient (Wildman–Crippen LogP) is 5.34. The molecule has 0 aliphatic heterocycles. The Morgan fingerprint density at radius 3 is 2.56 bits per heavy atom. The Labute approximate surface area is 190 Å². The van der Waals surface area contributed by atoms with Gasteiger partial charge in [0.2, 0.25) is 0 Å². The molecule has 0 spiro atoms. The van der Waals surface area contributed by atoms with Crippen molar-refractivity contribution < 1.29 is 18.7 Å². The smallest absolute Gasteiger partial charge is 0.323 e. The number of aromatic nitrogens is 1. The monoisotopic (exact) mass is 468 g/mol. The number of hydrogen-bond donors (Lipinski definition) is 3. The van der Waals surface area contributed by atoms with Crippen molar-refractivity contribution in [2.75, 3.05) is 17.7 Å². The lowest BCUT2D eigenvalue weighted by atomic mass is 10.1. The van der Waals surface area contributed by atoms with Crippen LogP contribution in [-0.2, 0) is 0 Å². The average molecular weight is 469 g/mol. The molecule has 0 aliphatic carbocycles. The van der Waals surface area contributed by atoms with Crippen LogP contribution in [0.15, 0.2) is 69.2 Å². The third-order valence-electron chi connectivity index (χ3n) is 4.44. The highest BCUT2D eigenvalue weighted by atomic mass is 32.2. The highest BCUT2D eigenvalue weighted by Gasteiger charge is 2.21. The number of benzene rings is 2. The van der Waals surface area contributed by atoms with E-state index < -0.39 is 17.8 Å². The first kappa shape index (κ1) is 21.6. The summed E-state index contributed by atoms with van der Waals surface area (Å²) in [4.78, 5) is 29.5. The molecule has 2 heterocycles. The number of carbonyl (C=O) groups excluding carboxylic acids is 2. The van der Waals surface area contributed by atoms with Crippen molar-refractivity contribution in [1.29, 1.82) is 0 Å². The lowest BCUT2D eigenvalue weighted by molar-refractivity contribution is 0.0998. The molecule has 2 aromatic carbocycles. The van der Waals surface area contributed by atoms with E-state index in [2.05, 4.69) is 15.6 Å². The number of halogens is 1. The van der Waals surface area contributed by atoms with Crippen LogP contribution < -0.4 is 21.1 Å². The van der Waals surface area contributed by atoms with Crippen LogP contribution in [0.1, 0.15) is 10.4 Å². The lowest BCUT2D eigenvalue weighted by Crippen LogP contribution is -2.23. The summed E-state index contributed by atoms with van der Waals surface area (Å²) in [6.45, 7) is 0. The number of thiophene rings is 1. The number of ether oxygens (including phenoxy) is 1. The molecule has 4 rings (SSSR count). The molecule has 2 aromatic heterocycles. The fourth-order valence-corrected chi connectivity index (χ4v) is 4.75. The van der Waals surface area contributed by atoms with Gasteiger partial charge < -0.3 is 21.1 Å². The van der Waals surface area contributed by atoms with E-state index in [1.807, 2.05) is 17.5 Å². The van der Waals surface area contributed by atoms with Crippen molar-refractivity contribution in [1.82, 2.24) is 4.98 Å². The molecule has 162 valence electrons. The minimum atomic E-state index is -0.766. The molecule has 4 aromatic rings. The molecular formula is C22H17FN4O3S2. The SMILES string of the molecule is COc1cc2nc(Sc3cccs3)ccc2c(NC(=O)Nc2ccc(F)cc2)c1C(N)=O. The van der Waals surface area contributed by atoms with Crippen molar-refractivity contribution in [2.24, 2.45) is 5.73 Å². The van der Waals surface area contributed by atoms with E-state index in [1.165, 1.54) is 43.1 Å². The maximum absolute atomic E-state index is 13.1. The Bertz CT molecular complexity index is 1300. The number of nitrogens with one attached hydrogen (secondary N) is 2. The van der Waals surface area contributed by atoms with Gasteiger partial charge in [-0.15, -0.1) is 11.3 Å². The van der Waals surface area contributed by atoms with Gasteiger partial charge in [-0.2, -0.15) is 0 Å². The topological polar surface area (TPSA) is 106 Å². The second-order valence-electron chi connectivity index (χ2n) is 6.53. The van der Waals surface area contributed by atoms with Gasteiger partial charge in [0.05, 0.1) is 22.5 Å². The fourth-order valence-electron chi connectivity index (χ4n) is 3.06. The number of urea groups is 1. The molecular weight excluding hydrogens is 451 g/mol. The van der Waals surface area contributed by atoms with Gasteiger partial charge in [0.25, 0.3) is 5.91 Å². The van der Waals surface area contributed by atoms with E-state index in [1.54, 1.807) is 29.5 Å². The fraction of sp³-hybridized carbons (Fsp3) is 0.0455. The summed E-state index contributed by atoms with van der Waals surface area (Å²) in [5.41, 5.74) is 6.69. The number of anilines is 2. The van der Waals surface area contributed by atoms with Crippen molar-refractivity contribution in [3.63, 3.8) is 0 Å². The Hall–Kier alpha value is -3.63. The van der Waals surface area contributed by atoms with E-state index >= 15 is 0 Å². The third-order valence-corrected chi connectivity index (χ3v) is 6.41. The third kappa shape index (κ3) is 4.66. The highest BCUT2D eigenvalue weighted by Crippen LogP contribution is 2.37. The minimum absolute atomic E-state index is 0.0229. The zero-order valence-electron chi connectivity index (χ0n) is 16.7. The van der Waals surface area contributed by atoms with E-state index in [-0.39, 0.29) is 17.0 Å². The van der Waals surface area contributed by atoms with Gasteiger partial charge in [-0.25, -0.2) is 14.2 Å². The molecule has 0 bridgehead atoms. The van der Waals surface area contributed by atoms with Crippen molar-refractivity contribution >= 4 is 57.3 Å². The first-order valence-corrected chi connectivity index (χ1v) is 11.0. The number of fused-ring (bicyclic) bond motifs is 1. The number of hydrogen-bond acceptors (Lipinski definition) is 6. The van der Waals surface area contributed by atoms with E-state index in [4.69, 9.17) is 10.5 Å². The molecule has 4 N–H and O–H groups in total. The maximum atomic E-state index is 13.1. The Morgan fingerprint density at radius 1 is 1.12 bits per heavy atom. The van der Waals surface area contributed by atoms with Crippen molar-refractivity contribution in [2.45, 2.75) is 9.24 Å². The van der Waals surface area contributed by atoms with Crippen LogP contribution in [0.25, 0.3) is 10.9 Å². The molecule has 0 unspecified atom stereocenters. The Balaban J connectivity index is 1.73. The summed E-state index contributed by atoms with van der Waals surface area (Å²) in [7, 11) is 1.40. The molecule has 0 fully saturated rings. The highest BCUT2D eigenvalue weighted by molar-refractivity contribution is 8.01. The summed E-state index contributed by atoms with van der Waals surface area (Å²) in [6, 6.07) is 13.8. The van der Waals surface area contributed by atoms with Gasteiger partial charge in [-0.05, 0) is 47.8 Å². The minimum Gasteiger partial charge on any atom is -0.496 e. The zero-order chi connectivity index (χ0) is 22.7. The quantitative estimate of drug-likeness (QED) is 0.354. The number of nitrogens with two attached hydrogens (primary N) is 1. The summed E-state index contributed by atoms with van der Waals surface area (Å²) in [6.07, 6.45) is 0. The van der Waals surface area contributed by atoms with Crippen LogP contribution in [0.5, 0.6) is 5.75 Å². The first-order chi connectivity index (χ1) is 15.4. The van der Waals surface area contributed by atoms with E-state index in [0.29, 0.717) is 16.6 Å². The normalized spacial score (nSPS) is 10.7. The summed E-state index contributed by atoms with van der Waals surface area (Å²) >= 11 is 3.10. The number of methoxy groups -OCH3 is 1. The summed E-state index contributed by atoms with van der Waals surface area (Å²) in [5.74, 6) is -1.00. The van der Waals surface area contributed by atoms with Gasteiger partial charge in [-0.3, -0.25) is 4.79 Å². The second kappa shape index (κ2) is 9.25. The Morgan fingerprint density at radius 2 is 1.91 bits per heavy atom. The molecule has 10 heteroatoms. The number of primary amides is 1. The van der Waals surface area contributed by atoms with Crippen LogP contribution in [0.3, 0.4) is 0 Å². The van der Waals surface area contributed by atoms with E-state index in [9.17, 15) is 14.0 Å². The second-order valence-corrected chi connectivity index (χ2v) is 8.80. The lowest BCUT2D eigenvalue weighted by Gasteiger charge is -2.16. The van der Waals surface area contributed by atoms with Crippen molar-refractivity contribution in [3.05, 3.63) is 71.4 Å². The number of nitrogens with zero attached hydrogens (tertiary/aromatic N) is 1. The standard InChI is InChI=1S/C22H17FN4O3S2/c1-30-16-11-15-14(8-9-17(26-15)32-18-3-2-10-31-18)20(19(16)21(24)28)27-22(29)25-13-6-4-12(23)5-7-13/h2-11H,1H3,(H2,24,28)(H2,25,27,29). The van der Waals surface area contributed by atoms with Gasteiger partial charge in [0.15, 0.2) is 0 Å². The largest absolute Gasteiger partial charge is 0.496 e. The van der Waals surface area contributed by atoms with Gasteiger partial charge in [0.1, 0.15) is 22.2 Å².